The van der Waals surface area contributed by atoms with Crippen molar-refractivity contribution in [3.8, 4) is 0 Å². The zero-order chi connectivity index (χ0) is 21.8. The minimum absolute atomic E-state index is 0.0150. The third-order valence-corrected chi connectivity index (χ3v) is 6.34. The molecule has 0 saturated carbocycles. The van der Waals surface area contributed by atoms with E-state index in [9.17, 15) is 14.4 Å². The Bertz CT molecular complexity index is 949. The molecule has 4 rings (SSSR count). The van der Waals surface area contributed by atoms with Gasteiger partial charge < -0.3 is 10.1 Å². The second kappa shape index (κ2) is 9.02. The molecule has 1 aliphatic heterocycles. The number of imide groups is 1. The smallest absolute Gasteiger partial charge is 0.240 e. The first kappa shape index (κ1) is 21.2. The molecule has 0 bridgehead atoms. The molecule has 2 aromatic carbocycles. The molecule has 2 aromatic rings. The SMILES string of the molecule is COCCCN1C(=O)CC(CC(=O)NC2Cc3ccccc3C2)(c2ccccc2)C1=O. The fraction of sp³-hybridized carbons (Fsp3) is 0.400. The summed E-state index contributed by atoms with van der Waals surface area (Å²) in [6.07, 6.45) is 2.13. The van der Waals surface area contributed by atoms with Gasteiger partial charge in [0.25, 0.3) is 0 Å². The van der Waals surface area contributed by atoms with Gasteiger partial charge in [0.2, 0.25) is 17.7 Å². The number of carbonyl (C=O) groups excluding carboxylic acids is 3. The molecule has 162 valence electrons. The molecule has 1 aliphatic carbocycles. The van der Waals surface area contributed by atoms with Gasteiger partial charge in [0.15, 0.2) is 0 Å². The summed E-state index contributed by atoms with van der Waals surface area (Å²) in [4.78, 5) is 40.6. The van der Waals surface area contributed by atoms with Crippen molar-refractivity contribution >= 4 is 17.7 Å². The summed E-state index contributed by atoms with van der Waals surface area (Å²) in [7, 11) is 1.59. The van der Waals surface area contributed by atoms with E-state index in [4.69, 9.17) is 4.74 Å². The van der Waals surface area contributed by atoms with Crippen LogP contribution in [-0.4, -0.2) is 48.9 Å². The maximum absolute atomic E-state index is 13.5. The van der Waals surface area contributed by atoms with Crippen LogP contribution >= 0.6 is 0 Å². The van der Waals surface area contributed by atoms with Gasteiger partial charge in [-0.1, -0.05) is 54.6 Å². The van der Waals surface area contributed by atoms with E-state index in [1.165, 1.54) is 16.0 Å². The van der Waals surface area contributed by atoms with E-state index in [1.54, 1.807) is 7.11 Å². The highest BCUT2D eigenvalue weighted by Crippen LogP contribution is 2.40. The predicted molar refractivity (Wildman–Crippen MR) is 116 cm³/mol. The first-order valence-electron chi connectivity index (χ1n) is 10.8. The summed E-state index contributed by atoms with van der Waals surface area (Å²) in [5, 5.41) is 3.11. The van der Waals surface area contributed by atoms with Crippen LogP contribution in [-0.2, 0) is 37.4 Å². The maximum Gasteiger partial charge on any atom is 0.240 e. The van der Waals surface area contributed by atoms with Crippen molar-refractivity contribution < 1.29 is 19.1 Å². The van der Waals surface area contributed by atoms with Gasteiger partial charge in [-0.2, -0.15) is 0 Å². The summed E-state index contributed by atoms with van der Waals surface area (Å²) >= 11 is 0. The van der Waals surface area contributed by atoms with E-state index in [0.29, 0.717) is 25.1 Å². The summed E-state index contributed by atoms with van der Waals surface area (Å²) in [5.41, 5.74) is 2.07. The van der Waals surface area contributed by atoms with E-state index in [2.05, 4.69) is 17.4 Å². The Balaban J connectivity index is 1.52. The predicted octanol–water partition coefficient (Wildman–Crippen LogP) is 2.39. The molecule has 0 radical (unpaired) electrons. The number of hydrogen-bond acceptors (Lipinski definition) is 4. The number of carbonyl (C=O) groups is 3. The van der Waals surface area contributed by atoms with Gasteiger partial charge in [0.1, 0.15) is 0 Å². The lowest BCUT2D eigenvalue weighted by atomic mass is 9.75. The van der Waals surface area contributed by atoms with Crippen LogP contribution in [0.2, 0.25) is 0 Å². The lowest BCUT2D eigenvalue weighted by Crippen LogP contribution is -2.44. The summed E-state index contributed by atoms with van der Waals surface area (Å²) < 4.78 is 5.06. The Labute approximate surface area is 182 Å². The highest BCUT2D eigenvalue weighted by Gasteiger charge is 2.53. The normalized spacial score (nSPS) is 20.9. The van der Waals surface area contributed by atoms with Crippen LogP contribution in [0.1, 0.15) is 36.0 Å². The van der Waals surface area contributed by atoms with E-state index in [1.807, 2.05) is 42.5 Å². The Morgan fingerprint density at radius 2 is 1.71 bits per heavy atom. The van der Waals surface area contributed by atoms with Crippen molar-refractivity contribution in [3.05, 3.63) is 71.3 Å². The number of benzene rings is 2. The number of hydrogen-bond donors (Lipinski definition) is 1. The Hall–Kier alpha value is -2.99. The van der Waals surface area contributed by atoms with Gasteiger partial charge in [-0.15, -0.1) is 0 Å². The molecule has 3 amide bonds. The first-order chi connectivity index (χ1) is 15.0. The Morgan fingerprint density at radius 1 is 1.06 bits per heavy atom. The van der Waals surface area contributed by atoms with Gasteiger partial charge in [0, 0.05) is 39.1 Å². The van der Waals surface area contributed by atoms with Crippen LogP contribution < -0.4 is 5.32 Å². The lowest BCUT2D eigenvalue weighted by Gasteiger charge is -2.27. The number of nitrogens with one attached hydrogen (secondary N) is 1. The quantitative estimate of drug-likeness (QED) is 0.526. The van der Waals surface area contributed by atoms with Gasteiger partial charge >= 0.3 is 0 Å². The van der Waals surface area contributed by atoms with Gasteiger partial charge in [-0.25, -0.2) is 0 Å². The van der Waals surface area contributed by atoms with Crippen molar-refractivity contribution in [2.75, 3.05) is 20.3 Å². The average Bonchev–Trinajstić information content (AvgIpc) is 3.28. The molecule has 1 atom stereocenters. The van der Waals surface area contributed by atoms with Crippen molar-refractivity contribution in [2.24, 2.45) is 0 Å². The molecule has 1 fully saturated rings. The number of amides is 3. The van der Waals surface area contributed by atoms with Crippen LogP contribution in [0, 0.1) is 0 Å². The minimum Gasteiger partial charge on any atom is -0.385 e. The second-order valence-electron chi connectivity index (χ2n) is 8.44. The average molecular weight is 421 g/mol. The third-order valence-electron chi connectivity index (χ3n) is 6.34. The van der Waals surface area contributed by atoms with Crippen molar-refractivity contribution in [1.29, 1.82) is 0 Å². The molecule has 2 aliphatic rings. The molecule has 1 saturated heterocycles. The first-order valence-corrected chi connectivity index (χ1v) is 10.8. The zero-order valence-electron chi connectivity index (χ0n) is 17.8. The minimum atomic E-state index is -1.15. The Morgan fingerprint density at radius 3 is 2.35 bits per heavy atom. The fourth-order valence-corrected chi connectivity index (χ4v) is 4.83. The van der Waals surface area contributed by atoms with E-state index in [-0.39, 0.29) is 36.6 Å². The third kappa shape index (κ3) is 4.26. The highest BCUT2D eigenvalue weighted by molar-refractivity contribution is 6.10. The van der Waals surface area contributed by atoms with Crippen molar-refractivity contribution in [2.45, 2.75) is 43.6 Å². The number of fused-ring (bicyclic) bond motifs is 1. The number of likely N-dealkylation sites (tertiary alicyclic amines) is 1. The van der Waals surface area contributed by atoms with Gasteiger partial charge in [0.05, 0.1) is 5.41 Å². The standard InChI is InChI=1S/C25H28N2O4/c1-31-13-7-12-27-23(29)17-25(24(27)30,20-10-3-2-4-11-20)16-22(28)26-21-14-18-8-5-6-9-19(18)15-21/h2-6,8-11,21H,7,12-17H2,1H3,(H,26,28). The number of methoxy groups -OCH3 is 1. The molecule has 0 spiro atoms. The van der Waals surface area contributed by atoms with Crippen LogP contribution in [0.15, 0.2) is 54.6 Å². The van der Waals surface area contributed by atoms with E-state index >= 15 is 0 Å². The fourth-order valence-electron chi connectivity index (χ4n) is 4.83. The van der Waals surface area contributed by atoms with Crippen LogP contribution in [0.4, 0.5) is 0 Å². The van der Waals surface area contributed by atoms with E-state index < -0.39 is 5.41 Å². The molecule has 1 unspecified atom stereocenters. The largest absolute Gasteiger partial charge is 0.385 e. The number of ether oxygens (including phenoxy) is 1. The van der Waals surface area contributed by atoms with Crippen LogP contribution in [0.25, 0.3) is 0 Å². The van der Waals surface area contributed by atoms with Crippen molar-refractivity contribution in [3.63, 3.8) is 0 Å². The lowest BCUT2D eigenvalue weighted by molar-refractivity contribution is -0.141. The number of rotatable bonds is 8. The topological polar surface area (TPSA) is 75.7 Å². The summed E-state index contributed by atoms with van der Waals surface area (Å²) in [5.74, 6) is -0.711. The van der Waals surface area contributed by atoms with E-state index in [0.717, 1.165) is 12.8 Å². The zero-order valence-corrected chi connectivity index (χ0v) is 17.8. The number of nitrogens with zero attached hydrogens (tertiary/aromatic N) is 1. The van der Waals surface area contributed by atoms with Gasteiger partial charge in [-0.05, 0) is 36.0 Å². The van der Waals surface area contributed by atoms with Crippen LogP contribution in [0.3, 0.4) is 0 Å². The molecule has 6 heteroatoms. The highest BCUT2D eigenvalue weighted by atomic mass is 16.5. The van der Waals surface area contributed by atoms with Crippen molar-refractivity contribution in [1.82, 2.24) is 10.2 Å². The summed E-state index contributed by atoms with van der Waals surface area (Å²) in [6, 6.07) is 17.4. The molecule has 1 heterocycles. The molecular weight excluding hydrogens is 392 g/mol. The molecule has 0 aromatic heterocycles. The second-order valence-corrected chi connectivity index (χ2v) is 8.44. The monoisotopic (exact) mass is 420 g/mol. The molecule has 31 heavy (non-hydrogen) atoms. The Kier molecular flexibility index (Phi) is 6.18. The molecular formula is C25H28N2O4. The maximum atomic E-state index is 13.5. The van der Waals surface area contributed by atoms with Gasteiger partial charge in [-0.3, -0.25) is 19.3 Å². The summed E-state index contributed by atoms with van der Waals surface area (Å²) in [6.45, 7) is 0.776. The van der Waals surface area contributed by atoms with Crippen LogP contribution in [0.5, 0.6) is 0 Å². The molecule has 6 nitrogen and oxygen atoms in total. The molecule has 1 N–H and O–H groups in total.